The molecule has 1 N–H and O–H groups in total. The van der Waals surface area contributed by atoms with Crippen LogP contribution in [-0.2, 0) is 6.18 Å². The van der Waals surface area contributed by atoms with E-state index in [4.69, 9.17) is 5.11 Å². The van der Waals surface area contributed by atoms with Gasteiger partial charge in [-0.3, -0.25) is 0 Å². The van der Waals surface area contributed by atoms with Crippen molar-refractivity contribution in [3.05, 3.63) is 22.6 Å². The molecule has 1 aromatic heterocycles. The summed E-state index contributed by atoms with van der Waals surface area (Å²) >= 11 is 0. The molecule has 0 aliphatic heterocycles. The van der Waals surface area contributed by atoms with Gasteiger partial charge in [0.25, 0.3) is 0 Å². The molecule has 1 rings (SSSR count). The van der Waals surface area contributed by atoms with Crippen molar-refractivity contribution in [2.45, 2.75) is 32.9 Å². The van der Waals surface area contributed by atoms with Gasteiger partial charge in [0.15, 0.2) is 0 Å². The largest absolute Gasteiger partial charge is 0.478 e. The molecule has 0 aromatic carbocycles. The number of halogens is 3. The summed E-state index contributed by atoms with van der Waals surface area (Å²) in [5, 5.41) is 8.81. The minimum atomic E-state index is -4.79. The van der Waals surface area contributed by atoms with Gasteiger partial charge in [0.05, 0.1) is 0 Å². The van der Waals surface area contributed by atoms with Crippen LogP contribution in [0.2, 0.25) is 0 Å². The Morgan fingerprint density at radius 1 is 1.38 bits per heavy atom. The van der Waals surface area contributed by atoms with Crippen molar-refractivity contribution in [2.75, 3.05) is 0 Å². The van der Waals surface area contributed by atoms with E-state index in [0.717, 1.165) is 0 Å². The van der Waals surface area contributed by atoms with Crippen molar-refractivity contribution >= 4 is 5.97 Å². The van der Waals surface area contributed by atoms with Gasteiger partial charge in [-0.2, -0.15) is 13.2 Å². The fraction of sp³-hybridized carbons (Fsp3) is 0.500. The minimum Gasteiger partial charge on any atom is -0.478 e. The molecule has 16 heavy (non-hydrogen) atoms. The molecule has 0 aliphatic carbocycles. The van der Waals surface area contributed by atoms with E-state index in [1.54, 1.807) is 13.8 Å². The smallest absolute Gasteiger partial charge is 0.450 e. The quantitative estimate of drug-likeness (QED) is 0.855. The molecule has 3 nitrogen and oxygen atoms in total. The highest BCUT2D eigenvalue weighted by molar-refractivity contribution is 5.91. The summed E-state index contributed by atoms with van der Waals surface area (Å²) in [6, 6.07) is 0. The summed E-state index contributed by atoms with van der Waals surface area (Å²) < 4.78 is 42.1. The number of carboxylic acid groups (broad SMARTS) is 1. The lowest BCUT2D eigenvalue weighted by molar-refractivity contribution is -0.153. The first-order valence-electron chi connectivity index (χ1n) is 4.60. The molecule has 0 saturated carbocycles. The Labute approximate surface area is 89.9 Å². The van der Waals surface area contributed by atoms with E-state index < -0.39 is 23.5 Å². The van der Waals surface area contributed by atoms with Crippen LogP contribution in [0.15, 0.2) is 4.42 Å². The van der Waals surface area contributed by atoms with E-state index in [1.807, 2.05) is 0 Å². The highest BCUT2D eigenvalue weighted by Gasteiger charge is 2.42. The minimum absolute atomic E-state index is 0.000255. The molecule has 0 saturated heterocycles. The maximum absolute atomic E-state index is 12.5. The third kappa shape index (κ3) is 2.05. The summed E-state index contributed by atoms with van der Waals surface area (Å²) in [5.41, 5.74) is -0.681. The van der Waals surface area contributed by atoms with Crippen LogP contribution in [-0.4, -0.2) is 11.1 Å². The Bertz CT molecular complexity index is 416. The van der Waals surface area contributed by atoms with Crippen molar-refractivity contribution in [1.29, 1.82) is 0 Å². The maximum atomic E-state index is 12.5. The van der Waals surface area contributed by atoms with E-state index in [1.165, 1.54) is 6.92 Å². The molecule has 1 aromatic rings. The van der Waals surface area contributed by atoms with Gasteiger partial charge in [0.2, 0.25) is 5.76 Å². The van der Waals surface area contributed by atoms with Crippen LogP contribution in [0.5, 0.6) is 0 Å². The summed E-state index contributed by atoms with van der Waals surface area (Å²) in [6.45, 7) is 4.56. The van der Waals surface area contributed by atoms with Crippen LogP contribution in [0.3, 0.4) is 0 Å². The highest BCUT2D eigenvalue weighted by atomic mass is 19.4. The van der Waals surface area contributed by atoms with Gasteiger partial charge in [0, 0.05) is 5.56 Å². The van der Waals surface area contributed by atoms with Gasteiger partial charge in [-0.05, 0) is 12.8 Å². The lowest BCUT2D eigenvalue weighted by Crippen LogP contribution is -2.12. The average molecular weight is 236 g/mol. The van der Waals surface area contributed by atoms with Gasteiger partial charge in [-0.25, -0.2) is 4.79 Å². The second kappa shape index (κ2) is 3.84. The van der Waals surface area contributed by atoms with Crippen LogP contribution in [0.25, 0.3) is 0 Å². The third-order valence-corrected chi connectivity index (χ3v) is 2.18. The molecule has 0 radical (unpaired) electrons. The molecule has 6 heteroatoms. The molecule has 0 atom stereocenters. The molecular formula is C10H11F3O3. The molecular weight excluding hydrogens is 225 g/mol. The number of rotatable bonds is 2. The molecule has 0 unspecified atom stereocenters. The number of hydrogen-bond donors (Lipinski definition) is 1. The Morgan fingerprint density at radius 2 is 1.88 bits per heavy atom. The van der Waals surface area contributed by atoms with Crippen LogP contribution in [0.1, 0.15) is 47.2 Å². The molecule has 0 aliphatic rings. The van der Waals surface area contributed by atoms with Gasteiger partial charge < -0.3 is 9.52 Å². The number of carbonyl (C=O) groups is 1. The first-order chi connectivity index (χ1) is 7.16. The van der Waals surface area contributed by atoms with E-state index in [9.17, 15) is 18.0 Å². The average Bonchev–Trinajstić information content (AvgIpc) is 2.41. The molecule has 0 bridgehead atoms. The van der Waals surface area contributed by atoms with Crippen molar-refractivity contribution in [2.24, 2.45) is 0 Å². The number of furan rings is 1. The van der Waals surface area contributed by atoms with Crippen molar-refractivity contribution < 1.29 is 27.5 Å². The van der Waals surface area contributed by atoms with Crippen molar-refractivity contribution in [3.8, 4) is 0 Å². The lowest BCUT2D eigenvalue weighted by Gasteiger charge is -2.06. The normalized spacial score (nSPS) is 12.2. The molecule has 0 spiro atoms. The SMILES string of the molecule is Cc1oc(C(F)(F)F)c(C(=O)O)c1C(C)C. The number of aromatic carboxylic acids is 1. The third-order valence-electron chi connectivity index (χ3n) is 2.18. The van der Waals surface area contributed by atoms with Gasteiger partial charge >= 0.3 is 12.1 Å². The first kappa shape index (κ1) is 12.6. The Kier molecular flexibility index (Phi) is 3.03. The number of carboxylic acids is 1. The van der Waals surface area contributed by atoms with Gasteiger partial charge in [0.1, 0.15) is 11.3 Å². The van der Waals surface area contributed by atoms with Crippen LogP contribution in [0.4, 0.5) is 13.2 Å². The summed E-state index contributed by atoms with van der Waals surface area (Å²) in [5.74, 6) is -3.39. The Balaban J connectivity index is 3.54. The van der Waals surface area contributed by atoms with E-state index in [0.29, 0.717) is 0 Å². The monoisotopic (exact) mass is 236 g/mol. The summed E-state index contributed by atoms with van der Waals surface area (Å²) in [4.78, 5) is 10.8. The van der Waals surface area contributed by atoms with Gasteiger partial charge in [-0.15, -0.1) is 0 Å². The molecule has 90 valence electrons. The van der Waals surface area contributed by atoms with E-state index in [-0.39, 0.29) is 17.2 Å². The first-order valence-corrected chi connectivity index (χ1v) is 4.60. The highest BCUT2D eigenvalue weighted by Crippen LogP contribution is 2.38. The predicted molar refractivity (Wildman–Crippen MR) is 49.5 cm³/mol. The predicted octanol–water partition coefficient (Wildman–Crippen LogP) is 3.43. The van der Waals surface area contributed by atoms with Gasteiger partial charge in [-0.1, -0.05) is 13.8 Å². The van der Waals surface area contributed by atoms with E-state index in [2.05, 4.69) is 4.42 Å². The summed E-state index contributed by atoms with van der Waals surface area (Å²) in [7, 11) is 0. The lowest BCUT2D eigenvalue weighted by atomic mass is 9.98. The van der Waals surface area contributed by atoms with Crippen LogP contribution < -0.4 is 0 Å². The number of aryl methyl sites for hydroxylation is 1. The second-order valence-electron chi connectivity index (χ2n) is 3.73. The van der Waals surface area contributed by atoms with E-state index >= 15 is 0 Å². The Morgan fingerprint density at radius 3 is 2.19 bits per heavy atom. The fourth-order valence-corrected chi connectivity index (χ4v) is 1.66. The maximum Gasteiger partial charge on any atom is 0.450 e. The van der Waals surface area contributed by atoms with Crippen molar-refractivity contribution in [3.63, 3.8) is 0 Å². The van der Waals surface area contributed by atoms with Crippen LogP contribution >= 0.6 is 0 Å². The van der Waals surface area contributed by atoms with Crippen molar-refractivity contribution in [1.82, 2.24) is 0 Å². The second-order valence-corrected chi connectivity index (χ2v) is 3.73. The fourth-order valence-electron chi connectivity index (χ4n) is 1.66. The molecule has 1 heterocycles. The number of hydrogen-bond acceptors (Lipinski definition) is 2. The molecule has 0 amide bonds. The Hall–Kier alpha value is -1.46. The summed E-state index contributed by atoms with van der Waals surface area (Å²) in [6.07, 6.45) is -4.79. The molecule has 0 fully saturated rings. The number of alkyl halides is 3. The zero-order valence-corrected chi connectivity index (χ0v) is 8.97. The zero-order valence-electron chi connectivity index (χ0n) is 8.97. The topological polar surface area (TPSA) is 50.4 Å². The standard InChI is InChI=1S/C10H11F3O3/c1-4(2)6-5(3)16-8(10(11,12)13)7(6)9(14)15/h4H,1-3H3,(H,14,15). The zero-order chi connectivity index (χ0) is 12.7. The van der Waals surface area contributed by atoms with Crippen LogP contribution in [0, 0.1) is 6.92 Å².